The zero-order valence-corrected chi connectivity index (χ0v) is 26.9. The Kier molecular flexibility index (Phi) is 5.09. The van der Waals surface area contributed by atoms with Crippen LogP contribution in [0.5, 0.6) is 0 Å². The molecule has 3 atom stereocenters. The molecule has 0 spiro atoms. The van der Waals surface area contributed by atoms with Crippen molar-refractivity contribution in [2.45, 2.75) is 31.5 Å². The van der Waals surface area contributed by atoms with E-state index in [4.69, 9.17) is 0 Å². The Labute approximate surface area is 279 Å². The molecule has 11 rings (SSSR count). The predicted octanol–water partition coefficient (Wildman–Crippen LogP) is 11.1. The molecule has 7 aromatic carbocycles. The largest absolute Gasteiger partial charge is 0.309 e. The Morgan fingerprint density at radius 2 is 1.17 bits per heavy atom. The van der Waals surface area contributed by atoms with Crippen molar-refractivity contribution in [3.8, 4) is 5.69 Å². The third-order valence-electron chi connectivity index (χ3n) is 11.3. The average molecular weight is 616 g/mol. The quantitative estimate of drug-likeness (QED) is 0.183. The Bertz CT molecular complexity index is 2670. The molecule has 3 unspecified atom stereocenters. The smallest absolute Gasteiger partial charge is 0.141 e. The van der Waals surface area contributed by atoms with Crippen molar-refractivity contribution < 1.29 is 0 Å². The summed E-state index contributed by atoms with van der Waals surface area (Å²) in [6, 6.07) is 56.5. The molecule has 3 nitrogen and oxygen atoms in total. The van der Waals surface area contributed by atoms with Gasteiger partial charge in [-0.3, -0.25) is 5.01 Å². The van der Waals surface area contributed by atoms with Gasteiger partial charge in [-0.05, 0) is 80.2 Å². The van der Waals surface area contributed by atoms with Gasteiger partial charge >= 0.3 is 0 Å². The summed E-state index contributed by atoms with van der Waals surface area (Å²) in [6.45, 7) is 4.80. The maximum atomic E-state index is 2.62. The highest BCUT2D eigenvalue weighted by Crippen LogP contribution is 2.68. The van der Waals surface area contributed by atoms with Crippen molar-refractivity contribution in [3.05, 3.63) is 180 Å². The minimum Gasteiger partial charge on any atom is -0.309 e. The first kappa shape index (κ1) is 26.4. The average Bonchev–Trinajstić information content (AvgIpc) is 3.47. The molecule has 228 valence electrons. The summed E-state index contributed by atoms with van der Waals surface area (Å²) in [6.07, 6.45) is 0.199. The van der Waals surface area contributed by atoms with E-state index in [1.165, 1.54) is 82.6 Å². The molecule has 0 N–H and O–H groups in total. The Morgan fingerprint density at radius 1 is 0.521 bits per heavy atom. The van der Waals surface area contributed by atoms with Crippen LogP contribution >= 0.6 is 0 Å². The molecule has 1 fully saturated rings. The molecular weight excluding hydrogens is 583 g/mol. The van der Waals surface area contributed by atoms with E-state index >= 15 is 0 Å². The van der Waals surface area contributed by atoms with E-state index < -0.39 is 0 Å². The van der Waals surface area contributed by atoms with Crippen molar-refractivity contribution in [3.63, 3.8) is 0 Å². The van der Waals surface area contributed by atoms with Gasteiger partial charge in [0.2, 0.25) is 0 Å². The lowest BCUT2D eigenvalue weighted by atomic mass is 9.84. The number of hydrazine groups is 1. The molecule has 0 bridgehead atoms. The van der Waals surface area contributed by atoms with Gasteiger partial charge in [-0.25, -0.2) is 0 Å². The molecule has 8 aromatic rings. The van der Waals surface area contributed by atoms with Crippen LogP contribution in [0.15, 0.2) is 157 Å². The van der Waals surface area contributed by atoms with Gasteiger partial charge in [-0.2, -0.15) is 5.01 Å². The molecule has 3 aliphatic rings. The van der Waals surface area contributed by atoms with Gasteiger partial charge in [-0.1, -0.05) is 129 Å². The number of aromatic nitrogens is 1. The highest BCUT2D eigenvalue weighted by Gasteiger charge is 2.64. The minimum absolute atomic E-state index is 0.0732. The summed E-state index contributed by atoms with van der Waals surface area (Å²) in [4.78, 5) is 0. The van der Waals surface area contributed by atoms with E-state index in [0.717, 1.165) is 0 Å². The summed E-state index contributed by atoms with van der Waals surface area (Å²) in [5, 5.41) is 12.9. The fraction of sp³-hybridized carbons (Fsp3) is 0.111. The van der Waals surface area contributed by atoms with Gasteiger partial charge in [0.05, 0.1) is 17.1 Å². The van der Waals surface area contributed by atoms with Gasteiger partial charge in [0.25, 0.3) is 0 Å². The molecule has 1 aromatic heterocycles. The van der Waals surface area contributed by atoms with Gasteiger partial charge in [0.1, 0.15) is 6.17 Å². The van der Waals surface area contributed by atoms with Crippen LogP contribution in [-0.2, 0) is 5.41 Å². The highest BCUT2D eigenvalue weighted by atomic mass is 15.9. The zero-order chi connectivity index (χ0) is 31.7. The van der Waals surface area contributed by atoms with Crippen LogP contribution in [0.1, 0.15) is 48.3 Å². The third-order valence-corrected chi connectivity index (χ3v) is 11.3. The fourth-order valence-corrected chi connectivity index (χ4v) is 9.08. The monoisotopic (exact) mass is 615 g/mol. The maximum Gasteiger partial charge on any atom is 0.141 e. The first-order valence-corrected chi connectivity index (χ1v) is 17.0. The van der Waals surface area contributed by atoms with Crippen molar-refractivity contribution >= 4 is 48.9 Å². The minimum atomic E-state index is -0.0732. The molecule has 0 saturated carbocycles. The summed E-state index contributed by atoms with van der Waals surface area (Å²) >= 11 is 0. The van der Waals surface area contributed by atoms with Crippen molar-refractivity contribution in [1.29, 1.82) is 0 Å². The molecule has 2 aliphatic heterocycles. The molecule has 1 aliphatic carbocycles. The van der Waals surface area contributed by atoms with E-state index in [2.05, 4.69) is 180 Å². The standard InChI is InChI=1S/C45H33N3/c1-45(2)38-17-9-7-16-36(38)41-42(33-20-19-28-11-3-4-12-30(28)25-33)47-44(48(47)43(41)45)29-21-23-34(24-22-29)46-39-18-10-8-15-35(39)37-26-31-13-5-6-14-32(31)27-40(37)46/h3-27,42,44H,1-2H3. The number of fused-ring (bicyclic) bond motifs is 9. The number of para-hydroxylation sites is 1. The van der Waals surface area contributed by atoms with Gasteiger partial charge < -0.3 is 4.57 Å². The number of nitrogens with zero attached hydrogens (tertiary/aromatic N) is 3. The summed E-state index contributed by atoms with van der Waals surface area (Å²) < 4.78 is 2.43. The summed E-state index contributed by atoms with van der Waals surface area (Å²) in [5.41, 5.74) is 12.0. The molecule has 0 radical (unpaired) electrons. The van der Waals surface area contributed by atoms with Crippen LogP contribution in [0.4, 0.5) is 0 Å². The van der Waals surface area contributed by atoms with E-state index in [1.54, 1.807) is 0 Å². The van der Waals surface area contributed by atoms with E-state index in [9.17, 15) is 0 Å². The number of hydrogen-bond donors (Lipinski definition) is 0. The Hall–Kier alpha value is -5.64. The van der Waals surface area contributed by atoms with E-state index in [1.807, 2.05) is 0 Å². The zero-order valence-electron chi connectivity index (χ0n) is 26.9. The summed E-state index contributed by atoms with van der Waals surface area (Å²) in [5.74, 6) is 0. The van der Waals surface area contributed by atoms with Crippen molar-refractivity contribution in [2.24, 2.45) is 0 Å². The number of benzene rings is 7. The van der Waals surface area contributed by atoms with Gasteiger partial charge in [-0.15, -0.1) is 0 Å². The van der Waals surface area contributed by atoms with Crippen LogP contribution in [0.3, 0.4) is 0 Å². The van der Waals surface area contributed by atoms with Crippen molar-refractivity contribution in [2.75, 3.05) is 0 Å². The third kappa shape index (κ3) is 3.41. The molecule has 3 heteroatoms. The maximum absolute atomic E-state index is 2.62. The molecule has 1 saturated heterocycles. The molecular formula is C45H33N3. The van der Waals surface area contributed by atoms with Crippen LogP contribution in [0.2, 0.25) is 0 Å². The summed E-state index contributed by atoms with van der Waals surface area (Å²) in [7, 11) is 0. The fourth-order valence-electron chi connectivity index (χ4n) is 9.08. The molecule has 48 heavy (non-hydrogen) atoms. The van der Waals surface area contributed by atoms with Crippen LogP contribution in [-0.4, -0.2) is 14.6 Å². The number of hydrogen-bond acceptors (Lipinski definition) is 2. The van der Waals surface area contributed by atoms with Crippen LogP contribution < -0.4 is 0 Å². The predicted molar refractivity (Wildman–Crippen MR) is 198 cm³/mol. The molecule has 0 amide bonds. The SMILES string of the molecule is CC1(C)C2=C(c3ccccc31)C(c1ccc3ccccc3c1)N1C(c3ccc(-n4c5ccccc5c5cc6ccccc6cc54)cc3)N21. The Balaban J connectivity index is 1.04. The second-order valence-corrected chi connectivity index (χ2v) is 14.2. The highest BCUT2D eigenvalue weighted by molar-refractivity contribution is 6.13. The van der Waals surface area contributed by atoms with Gasteiger partial charge in [0, 0.05) is 33.1 Å². The lowest BCUT2D eigenvalue weighted by Gasteiger charge is -2.25. The second-order valence-electron chi connectivity index (χ2n) is 14.2. The topological polar surface area (TPSA) is 10.9 Å². The number of rotatable bonds is 3. The Morgan fingerprint density at radius 3 is 1.98 bits per heavy atom. The first-order valence-electron chi connectivity index (χ1n) is 17.0. The molecule has 3 heterocycles. The first-order chi connectivity index (χ1) is 23.6. The van der Waals surface area contributed by atoms with Crippen LogP contribution in [0.25, 0.3) is 54.6 Å². The number of allylic oxidation sites excluding steroid dienone is 1. The van der Waals surface area contributed by atoms with Gasteiger partial charge in [0.15, 0.2) is 0 Å². The van der Waals surface area contributed by atoms with E-state index in [0.29, 0.717) is 0 Å². The second kappa shape index (κ2) is 9.25. The van der Waals surface area contributed by atoms with E-state index in [-0.39, 0.29) is 17.6 Å². The van der Waals surface area contributed by atoms with Crippen LogP contribution in [0, 0.1) is 0 Å². The lowest BCUT2D eigenvalue weighted by Crippen LogP contribution is -2.22. The lowest BCUT2D eigenvalue weighted by molar-refractivity contribution is 0.326. The normalized spacial score (nSPS) is 20.5. The van der Waals surface area contributed by atoms with Crippen molar-refractivity contribution in [1.82, 2.24) is 14.6 Å².